The molecule has 7 heteroatoms. The third-order valence-corrected chi connectivity index (χ3v) is 3.38. The molecule has 0 fully saturated rings. The van der Waals surface area contributed by atoms with Gasteiger partial charge in [-0.1, -0.05) is 20.8 Å². The van der Waals surface area contributed by atoms with Crippen LogP contribution in [0, 0.1) is 0 Å². The molecule has 0 amide bonds. The number of hydrogen-bond acceptors (Lipinski definition) is 6. The van der Waals surface area contributed by atoms with E-state index >= 15 is 0 Å². The van der Waals surface area contributed by atoms with Crippen molar-refractivity contribution in [1.82, 2.24) is 9.78 Å². The molecule has 0 unspecified atom stereocenters. The minimum atomic E-state index is -0.515. The molecule has 0 radical (unpaired) electrons. The van der Waals surface area contributed by atoms with E-state index in [2.05, 4.69) is 5.10 Å². The summed E-state index contributed by atoms with van der Waals surface area (Å²) in [5.74, 6) is -0.844. The summed E-state index contributed by atoms with van der Waals surface area (Å²) in [6.07, 6.45) is 1.41. The highest BCUT2D eigenvalue weighted by Gasteiger charge is 2.28. The van der Waals surface area contributed by atoms with Crippen molar-refractivity contribution in [2.24, 2.45) is 0 Å². The molecule has 128 valence electrons. The lowest BCUT2D eigenvalue weighted by molar-refractivity contribution is -0.133. The van der Waals surface area contributed by atoms with Gasteiger partial charge < -0.3 is 9.47 Å². The van der Waals surface area contributed by atoms with Crippen LogP contribution in [-0.4, -0.2) is 27.6 Å². The van der Waals surface area contributed by atoms with Crippen molar-refractivity contribution in [2.45, 2.75) is 47.0 Å². The van der Waals surface area contributed by atoms with Crippen LogP contribution in [0.4, 0.5) is 0 Å². The first-order valence-corrected chi connectivity index (χ1v) is 7.45. The van der Waals surface area contributed by atoms with E-state index in [1.807, 2.05) is 20.8 Å². The molecule has 0 atom stereocenters. The predicted molar refractivity (Wildman–Crippen MR) is 87.4 cm³/mol. The fraction of sp³-hybridized carbons (Fsp3) is 0.412. The Morgan fingerprint density at radius 2 is 1.62 bits per heavy atom. The van der Waals surface area contributed by atoms with Crippen molar-refractivity contribution in [1.29, 1.82) is 0 Å². The molecule has 7 nitrogen and oxygen atoms in total. The van der Waals surface area contributed by atoms with Gasteiger partial charge in [-0.05, 0) is 11.5 Å². The van der Waals surface area contributed by atoms with Gasteiger partial charge in [-0.3, -0.25) is 14.4 Å². The predicted octanol–water partition coefficient (Wildman–Crippen LogP) is 2.84. The van der Waals surface area contributed by atoms with Crippen LogP contribution < -0.4 is 9.47 Å². The summed E-state index contributed by atoms with van der Waals surface area (Å²) in [5.41, 5.74) is 0.505. The number of benzene rings is 1. The Morgan fingerprint density at radius 1 is 1.04 bits per heavy atom. The number of esters is 2. The van der Waals surface area contributed by atoms with Gasteiger partial charge in [0.05, 0.1) is 11.6 Å². The Balaban J connectivity index is 2.95. The van der Waals surface area contributed by atoms with Gasteiger partial charge in [-0.15, -0.1) is 0 Å². The van der Waals surface area contributed by atoms with E-state index in [4.69, 9.17) is 9.47 Å². The van der Waals surface area contributed by atoms with Gasteiger partial charge >= 0.3 is 11.9 Å². The minimum Gasteiger partial charge on any atom is -0.426 e. The Bertz CT molecular complexity index is 843. The third kappa shape index (κ3) is 3.29. The zero-order valence-corrected chi connectivity index (χ0v) is 14.6. The second kappa shape index (κ2) is 6.07. The van der Waals surface area contributed by atoms with Crippen LogP contribution in [0.3, 0.4) is 0 Å². The maximum absolute atomic E-state index is 11.9. The van der Waals surface area contributed by atoms with E-state index in [0.717, 1.165) is 4.68 Å². The van der Waals surface area contributed by atoms with Crippen molar-refractivity contribution < 1.29 is 23.9 Å². The number of aromatic nitrogens is 2. The van der Waals surface area contributed by atoms with Crippen molar-refractivity contribution in [3.63, 3.8) is 0 Å². The fourth-order valence-electron chi connectivity index (χ4n) is 2.43. The number of ether oxygens (including phenoxy) is 2. The van der Waals surface area contributed by atoms with E-state index in [1.54, 1.807) is 6.07 Å². The Morgan fingerprint density at radius 3 is 2.08 bits per heavy atom. The van der Waals surface area contributed by atoms with Crippen molar-refractivity contribution in [3.8, 4) is 11.5 Å². The topological polar surface area (TPSA) is 87.5 Å². The second-order valence-electron chi connectivity index (χ2n) is 6.53. The molecule has 0 bridgehead atoms. The highest BCUT2D eigenvalue weighted by atomic mass is 16.5. The molecule has 2 aromatic rings. The normalized spacial score (nSPS) is 11.4. The molecule has 0 saturated heterocycles. The molecule has 0 aliphatic rings. The molecular formula is C17H20N2O5. The van der Waals surface area contributed by atoms with Crippen molar-refractivity contribution in [2.75, 3.05) is 0 Å². The molecular weight excluding hydrogens is 312 g/mol. The summed E-state index contributed by atoms with van der Waals surface area (Å²) in [6.45, 7) is 9.69. The summed E-state index contributed by atoms with van der Waals surface area (Å²) in [7, 11) is 0. The van der Waals surface area contributed by atoms with Crippen molar-refractivity contribution >= 4 is 28.7 Å². The van der Waals surface area contributed by atoms with Gasteiger partial charge in [0.25, 0.3) is 0 Å². The van der Waals surface area contributed by atoms with E-state index in [9.17, 15) is 14.4 Å². The van der Waals surface area contributed by atoms with Crippen LogP contribution in [0.1, 0.15) is 51.9 Å². The van der Waals surface area contributed by atoms with Gasteiger partial charge in [0.15, 0.2) is 5.75 Å². The van der Waals surface area contributed by atoms with Gasteiger partial charge in [-0.25, -0.2) is 0 Å². The maximum atomic E-state index is 11.9. The number of rotatable bonds is 2. The Hall–Kier alpha value is -2.70. The monoisotopic (exact) mass is 332 g/mol. The van der Waals surface area contributed by atoms with Gasteiger partial charge in [0.1, 0.15) is 11.3 Å². The lowest BCUT2D eigenvalue weighted by atomic mass is 9.85. The second-order valence-corrected chi connectivity index (χ2v) is 6.53. The zero-order valence-electron chi connectivity index (χ0n) is 14.6. The van der Waals surface area contributed by atoms with Gasteiger partial charge in [-0.2, -0.15) is 9.78 Å². The first-order chi connectivity index (χ1) is 11.0. The van der Waals surface area contributed by atoms with Crippen LogP contribution in [0.2, 0.25) is 0 Å². The number of hydrogen-bond donors (Lipinski definition) is 0. The van der Waals surface area contributed by atoms with E-state index in [0.29, 0.717) is 16.5 Å². The van der Waals surface area contributed by atoms with E-state index in [-0.39, 0.29) is 17.4 Å². The first-order valence-electron chi connectivity index (χ1n) is 7.45. The zero-order chi connectivity index (χ0) is 18.2. The molecule has 0 saturated carbocycles. The molecule has 1 aromatic carbocycles. The molecule has 1 aromatic heterocycles. The average Bonchev–Trinajstić information content (AvgIpc) is 2.84. The average molecular weight is 332 g/mol. The number of carbonyl (C=O) groups excluding carboxylic acids is 3. The van der Waals surface area contributed by atoms with E-state index < -0.39 is 17.4 Å². The van der Waals surface area contributed by atoms with Crippen LogP contribution in [0.25, 0.3) is 10.9 Å². The molecule has 0 aliphatic carbocycles. The summed E-state index contributed by atoms with van der Waals surface area (Å²) >= 11 is 0. The van der Waals surface area contributed by atoms with Crippen molar-refractivity contribution in [3.05, 3.63) is 17.8 Å². The molecule has 24 heavy (non-hydrogen) atoms. The molecule has 0 N–H and O–H groups in total. The van der Waals surface area contributed by atoms with Gasteiger partial charge in [0.2, 0.25) is 5.91 Å². The Labute approximate surface area is 139 Å². The smallest absolute Gasteiger partial charge is 0.308 e. The number of fused-ring (bicyclic) bond motifs is 1. The number of carbonyl (C=O) groups is 3. The van der Waals surface area contributed by atoms with E-state index in [1.165, 1.54) is 27.0 Å². The molecule has 0 spiro atoms. The largest absolute Gasteiger partial charge is 0.426 e. The van der Waals surface area contributed by atoms with Crippen LogP contribution in [0.15, 0.2) is 12.3 Å². The van der Waals surface area contributed by atoms with Crippen LogP contribution >= 0.6 is 0 Å². The summed E-state index contributed by atoms with van der Waals surface area (Å²) in [4.78, 5) is 34.9. The standard InChI is InChI=1S/C17H20N2O5/c1-9(20)19-15-12(8-18-19)14(23-10(2)21)7-13(17(4,5)6)16(15)24-11(3)22/h7-8H,1-6H3. The lowest BCUT2D eigenvalue weighted by Crippen LogP contribution is -2.18. The highest BCUT2D eigenvalue weighted by Crippen LogP contribution is 2.42. The minimum absolute atomic E-state index is 0.244. The SMILES string of the molecule is CC(=O)Oc1cc(C(C)(C)C)c(OC(C)=O)c2c1cnn2C(C)=O. The fourth-order valence-corrected chi connectivity index (χ4v) is 2.43. The Kier molecular flexibility index (Phi) is 4.46. The summed E-state index contributed by atoms with van der Waals surface area (Å²) in [6, 6.07) is 1.65. The van der Waals surface area contributed by atoms with Crippen LogP contribution in [-0.2, 0) is 15.0 Å². The quantitative estimate of drug-likeness (QED) is 0.621. The van der Waals surface area contributed by atoms with Gasteiger partial charge in [0, 0.05) is 26.3 Å². The van der Waals surface area contributed by atoms with Crippen LogP contribution in [0.5, 0.6) is 11.5 Å². The summed E-state index contributed by atoms with van der Waals surface area (Å²) in [5, 5.41) is 4.46. The third-order valence-electron chi connectivity index (χ3n) is 3.38. The lowest BCUT2D eigenvalue weighted by Gasteiger charge is -2.24. The number of nitrogens with zero attached hydrogens (tertiary/aromatic N) is 2. The first kappa shape index (κ1) is 17.7. The molecule has 0 aliphatic heterocycles. The summed E-state index contributed by atoms with van der Waals surface area (Å²) < 4.78 is 11.8. The highest BCUT2D eigenvalue weighted by molar-refractivity contribution is 5.99. The molecule has 2 rings (SSSR count). The molecule has 1 heterocycles. The maximum Gasteiger partial charge on any atom is 0.308 e.